The highest BCUT2D eigenvalue weighted by Gasteiger charge is 2.32. The number of carbonyl (C=O) groups excluding carboxylic acids is 1. The second kappa shape index (κ2) is 5.14. The van der Waals surface area contributed by atoms with Gasteiger partial charge in [-0.25, -0.2) is 17.2 Å². The third kappa shape index (κ3) is 2.46. The van der Waals surface area contributed by atoms with Crippen molar-refractivity contribution >= 4 is 21.7 Å². The summed E-state index contributed by atoms with van der Waals surface area (Å²) in [4.78, 5) is 12.4. The fourth-order valence-electron chi connectivity index (χ4n) is 2.36. The molecule has 0 spiro atoms. The molecule has 0 amide bonds. The van der Waals surface area contributed by atoms with Crippen LogP contribution in [0.25, 0.3) is 6.08 Å². The molecule has 1 heterocycles. The van der Waals surface area contributed by atoms with E-state index in [-0.39, 0.29) is 21.6 Å². The van der Waals surface area contributed by atoms with Crippen molar-refractivity contribution in [3.8, 4) is 0 Å². The van der Waals surface area contributed by atoms with Gasteiger partial charge in [0.2, 0.25) is 0 Å². The lowest BCUT2D eigenvalue weighted by Crippen LogP contribution is -2.24. The number of fused-ring (bicyclic) bond motifs is 1. The van der Waals surface area contributed by atoms with Gasteiger partial charge in [-0.05, 0) is 35.9 Å². The molecule has 0 saturated carbocycles. The molecule has 112 valence electrons. The Morgan fingerprint density at radius 2 is 1.73 bits per heavy atom. The summed E-state index contributed by atoms with van der Waals surface area (Å²) >= 11 is 0. The van der Waals surface area contributed by atoms with Crippen LogP contribution in [-0.4, -0.2) is 20.0 Å². The predicted molar refractivity (Wildman–Crippen MR) is 77.2 cm³/mol. The molecule has 6 heteroatoms. The second-order valence-corrected chi connectivity index (χ2v) is 6.89. The van der Waals surface area contributed by atoms with Crippen molar-refractivity contribution in [3.63, 3.8) is 0 Å². The van der Waals surface area contributed by atoms with Gasteiger partial charge in [0.05, 0.1) is 10.6 Å². The van der Waals surface area contributed by atoms with Gasteiger partial charge in [-0.1, -0.05) is 18.2 Å². The molecule has 2 aromatic carbocycles. The molecule has 0 aliphatic carbocycles. The first kappa shape index (κ1) is 14.6. The van der Waals surface area contributed by atoms with Crippen LogP contribution in [0.4, 0.5) is 8.78 Å². The molecular formula is C16H10F2O3S. The summed E-state index contributed by atoms with van der Waals surface area (Å²) < 4.78 is 50.6. The van der Waals surface area contributed by atoms with Gasteiger partial charge in [-0.2, -0.15) is 0 Å². The monoisotopic (exact) mass is 320 g/mol. The van der Waals surface area contributed by atoms with Crippen molar-refractivity contribution in [2.24, 2.45) is 0 Å². The summed E-state index contributed by atoms with van der Waals surface area (Å²) in [6.45, 7) is 0. The fourth-order valence-corrected chi connectivity index (χ4v) is 3.92. The lowest BCUT2D eigenvalue weighted by molar-refractivity contribution is 0.103. The van der Waals surface area contributed by atoms with Crippen molar-refractivity contribution < 1.29 is 22.0 Å². The number of hydrogen-bond donors (Lipinski definition) is 0. The minimum Gasteiger partial charge on any atom is -0.289 e. The third-order valence-electron chi connectivity index (χ3n) is 3.39. The van der Waals surface area contributed by atoms with Gasteiger partial charge in [-0.15, -0.1) is 0 Å². The molecule has 3 rings (SSSR count). The van der Waals surface area contributed by atoms with E-state index >= 15 is 0 Å². The highest BCUT2D eigenvalue weighted by molar-refractivity contribution is 7.91. The van der Waals surface area contributed by atoms with Crippen LogP contribution in [0.1, 0.15) is 15.9 Å². The lowest BCUT2D eigenvalue weighted by Gasteiger charge is -2.17. The molecule has 3 nitrogen and oxygen atoms in total. The SMILES string of the molecule is O=C1/C(=C\c2ccc(F)c(F)c2)CS(=O)(=O)c2ccccc21. The van der Waals surface area contributed by atoms with Crippen LogP contribution >= 0.6 is 0 Å². The first-order valence-electron chi connectivity index (χ1n) is 6.40. The maximum Gasteiger partial charge on any atom is 0.191 e. The van der Waals surface area contributed by atoms with Gasteiger partial charge >= 0.3 is 0 Å². The normalized spacial score (nSPS) is 18.3. The first-order chi connectivity index (χ1) is 10.4. The molecule has 22 heavy (non-hydrogen) atoms. The van der Waals surface area contributed by atoms with Crippen molar-refractivity contribution in [1.29, 1.82) is 0 Å². The number of halogens is 2. The highest BCUT2D eigenvalue weighted by atomic mass is 32.2. The Kier molecular flexibility index (Phi) is 3.41. The average molecular weight is 320 g/mol. The molecule has 0 unspecified atom stereocenters. The Balaban J connectivity index is 2.12. The quantitative estimate of drug-likeness (QED) is 0.759. The molecule has 0 radical (unpaired) electrons. The molecule has 1 aliphatic rings. The van der Waals surface area contributed by atoms with Crippen LogP contribution in [0.5, 0.6) is 0 Å². The van der Waals surface area contributed by atoms with E-state index in [0.717, 1.165) is 12.1 Å². The summed E-state index contributed by atoms with van der Waals surface area (Å²) in [6.07, 6.45) is 1.28. The van der Waals surface area contributed by atoms with Gasteiger partial charge in [0.25, 0.3) is 0 Å². The number of carbonyl (C=O) groups is 1. The smallest absolute Gasteiger partial charge is 0.191 e. The van der Waals surface area contributed by atoms with E-state index in [9.17, 15) is 22.0 Å². The van der Waals surface area contributed by atoms with Crippen LogP contribution in [0.2, 0.25) is 0 Å². The van der Waals surface area contributed by atoms with Gasteiger partial charge in [0.15, 0.2) is 27.3 Å². The number of rotatable bonds is 1. The number of ketones is 1. The zero-order valence-corrected chi connectivity index (χ0v) is 12.0. The van der Waals surface area contributed by atoms with Gasteiger partial charge in [0, 0.05) is 11.1 Å². The largest absolute Gasteiger partial charge is 0.289 e. The molecule has 0 atom stereocenters. The summed E-state index contributed by atoms with van der Waals surface area (Å²) in [6, 6.07) is 9.08. The summed E-state index contributed by atoms with van der Waals surface area (Å²) in [5, 5.41) is 0. The van der Waals surface area contributed by atoms with Gasteiger partial charge < -0.3 is 0 Å². The number of benzene rings is 2. The maximum atomic E-state index is 13.2. The molecule has 0 N–H and O–H groups in total. The maximum absolute atomic E-state index is 13.2. The van der Waals surface area contributed by atoms with Crippen LogP contribution < -0.4 is 0 Å². The highest BCUT2D eigenvalue weighted by Crippen LogP contribution is 2.28. The third-order valence-corrected chi connectivity index (χ3v) is 5.11. The zero-order chi connectivity index (χ0) is 15.9. The Morgan fingerprint density at radius 3 is 2.45 bits per heavy atom. The topological polar surface area (TPSA) is 51.2 Å². The van der Waals surface area contributed by atoms with E-state index < -0.39 is 33.0 Å². The Labute approximate surface area is 125 Å². The van der Waals surface area contributed by atoms with Crippen LogP contribution in [0.3, 0.4) is 0 Å². The van der Waals surface area contributed by atoms with Crippen LogP contribution in [0.15, 0.2) is 52.9 Å². The van der Waals surface area contributed by atoms with E-state index in [4.69, 9.17) is 0 Å². The Bertz CT molecular complexity index is 915. The van der Waals surface area contributed by atoms with Crippen molar-refractivity contribution in [3.05, 3.63) is 70.8 Å². The standard InChI is InChI=1S/C16H10F2O3S/c17-13-6-5-10(8-14(13)18)7-11-9-22(20,21)15-4-2-1-3-12(15)16(11)19/h1-8H,9H2/b11-7-. The minimum atomic E-state index is -3.62. The molecule has 1 aliphatic heterocycles. The minimum absolute atomic E-state index is 0.00226. The molecule has 0 saturated heterocycles. The fraction of sp³-hybridized carbons (Fsp3) is 0.0625. The van der Waals surface area contributed by atoms with Gasteiger partial charge in [0.1, 0.15) is 0 Å². The number of Topliss-reactive ketones (excluding diaryl/α,β-unsaturated/α-hetero) is 1. The van der Waals surface area contributed by atoms with E-state index in [1.165, 1.54) is 24.3 Å². The van der Waals surface area contributed by atoms with E-state index in [1.54, 1.807) is 12.1 Å². The summed E-state index contributed by atoms with van der Waals surface area (Å²) in [5.41, 5.74) is 0.365. The number of hydrogen-bond acceptors (Lipinski definition) is 3. The average Bonchev–Trinajstić information content (AvgIpc) is 2.48. The van der Waals surface area contributed by atoms with Crippen molar-refractivity contribution in [1.82, 2.24) is 0 Å². The predicted octanol–water partition coefficient (Wildman–Crippen LogP) is 3.02. The molecular weight excluding hydrogens is 310 g/mol. The van der Waals surface area contributed by atoms with Crippen LogP contribution in [0, 0.1) is 11.6 Å². The summed E-state index contributed by atoms with van der Waals surface area (Å²) in [7, 11) is -3.62. The van der Waals surface area contributed by atoms with Crippen molar-refractivity contribution in [2.45, 2.75) is 4.90 Å². The lowest BCUT2D eigenvalue weighted by atomic mass is 10.0. The summed E-state index contributed by atoms with van der Waals surface area (Å²) in [5.74, 6) is -2.94. The van der Waals surface area contributed by atoms with Crippen LogP contribution in [-0.2, 0) is 9.84 Å². The molecule has 0 bridgehead atoms. The van der Waals surface area contributed by atoms with Crippen molar-refractivity contribution in [2.75, 3.05) is 5.75 Å². The first-order valence-corrected chi connectivity index (χ1v) is 8.06. The zero-order valence-electron chi connectivity index (χ0n) is 11.2. The second-order valence-electron chi connectivity index (χ2n) is 4.93. The Morgan fingerprint density at radius 1 is 1.00 bits per heavy atom. The van der Waals surface area contributed by atoms with E-state index in [0.29, 0.717) is 0 Å². The molecule has 0 aromatic heterocycles. The van der Waals surface area contributed by atoms with Gasteiger partial charge in [-0.3, -0.25) is 4.79 Å². The number of sulfone groups is 1. The molecule has 2 aromatic rings. The Hall–Kier alpha value is -2.34. The molecule has 0 fully saturated rings. The van der Waals surface area contributed by atoms with E-state index in [1.807, 2.05) is 0 Å². The van der Waals surface area contributed by atoms with E-state index in [2.05, 4.69) is 0 Å².